The highest BCUT2D eigenvalue weighted by molar-refractivity contribution is 7.80. The highest BCUT2D eigenvalue weighted by Gasteiger charge is 2.34. The Morgan fingerprint density at radius 1 is 1.21 bits per heavy atom. The number of morpholine rings is 1. The van der Waals surface area contributed by atoms with E-state index in [4.69, 9.17) is 17.0 Å². The van der Waals surface area contributed by atoms with E-state index in [1.165, 1.54) is 4.90 Å². The minimum atomic E-state index is -0.421. The summed E-state index contributed by atoms with van der Waals surface area (Å²) in [6.45, 7) is 4.65. The van der Waals surface area contributed by atoms with Gasteiger partial charge < -0.3 is 10.1 Å². The number of ether oxygens (including phenoxy) is 1. The number of nitrogens with zero attached hydrogens (tertiary/aromatic N) is 3. The first kappa shape index (κ1) is 19.6. The van der Waals surface area contributed by atoms with Crippen molar-refractivity contribution >= 4 is 40.5 Å². The first-order valence-electron chi connectivity index (χ1n) is 9.63. The van der Waals surface area contributed by atoms with Crippen molar-refractivity contribution in [1.82, 2.24) is 10.2 Å². The van der Waals surface area contributed by atoms with Crippen molar-refractivity contribution in [2.75, 3.05) is 44.3 Å². The first-order valence-corrected chi connectivity index (χ1v) is 10.0. The zero-order valence-electron chi connectivity index (χ0n) is 15.9. The molecule has 0 radical (unpaired) electrons. The molecule has 3 aliphatic rings. The Labute approximate surface area is 174 Å². The molecule has 1 N–H and O–H groups in total. The summed E-state index contributed by atoms with van der Waals surface area (Å²) < 4.78 is 5.32. The van der Waals surface area contributed by atoms with Crippen LogP contribution in [0.15, 0.2) is 53.6 Å². The molecule has 0 saturated carbocycles. The Kier molecular flexibility index (Phi) is 5.94. The number of fused-ring (bicyclic) bond motifs is 1. The molecule has 7 nitrogen and oxygen atoms in total. The zero-order chi connectivity index (χ0) is 20.2. The predicted molar refractivity (Wildman–Crippen MR) is 115 cm³/mol. The Hall–Kier alpha value is -2.68. The number of carbonyl (C=O) groups is 2. The topological polar surface area (TPSA) is 74.2 Å². The molecular weight excluding hydrogens is 388 g/mol. The number of rotatable bonds is 5. The molecular formula is C21H22N4O3S. The van der Waals surface area contributed by atoms with Crippen LogP contribution in [0.5, 0.6) is 0 Å². The maximum Gasteiger partial charge on any atom is 0.251 e. The van der Waals surface area contributed by atoms with E-state index in [0.29, 0.717) is 23.5 Å². The molecule has 2 aliphatic heterocycles. The smallest absolute Gasteiger partial charge is 0.251 e. The number of benzene rings is 1. The number of amides is 2. The van der Waals surface area contributed by atoms with Gasteiger partial charge in [0.25, 0.3) is 5.91 Å². The lowest BCUT2D eigenvalue weighted by Crippen LogP contribution is -2.46. The normalized spacial score (nSPS) is 21.7. The molecule has 8 heteroatoms. The summed E-state index contributed by atoms with van der Waals surface area (Å²) in [7, 11) is 0. The average Bonchev–Trinajstić information content (AvgIpc) is 2.75. The Bertz CT molecular complexity index is 901. The largest absolute Gasteiger partial charge is 0.379 e. The second-order valence-electron chi connectivity index (χ2n) is 6.97. The molecule has 0 spiro atoms. The van der Waals surface area contributed by atoms with E-state index in [1.807, 2.05) is 18.2 Å². The summed E-state index contributed by atoms with van der Waals surface area (Å²) in [5.74, 6) is -0.698. The lowest BCUT2D eigenvalue weighted by molar-refractivity contribution is -0.118. The van der Waals surface area contributed by atoms with Gasteiger partial charge in [-0.2, -0.15) is 0 Å². The van der Waals surface area contributed by atoms with E-state index in [2.05, 4.69) is 15.2 Å². The van der Waals surface area contributed by atoms with Gasteiger partial charge in [-0.1, -0.05) is 18.2 Å². The number of thiocarbonyl (C=S) groups is 1. The van der Waals surface area contributed by atoms with Crippen molar-refractivity contribution in [3.8, 4) is 0 Å². The summed E-state index contributed by atoms with van der Waals surface area (Å²) >= 11 is 5.33. The number of hydrogen-bond acceptors (Lipinski definition) is 5. The monoisotopic (exact) mass is 410 g/mol. The van der Waals surface area contributed by atoms with Crippen LogP contribution < -0.4 is 10.2 Å². The highest BCUT2D eigenvalue weighted by Crippen LogP contribution is 2.25. The fourth-order valence-electron chi connectivity index (χ4n) is 3.50. The molecule has 1 fully saturated rings. The van der Waals surface area contributed by atoms with Crippen LogP contribution in [0.1, 0.15) is 10.4 Å². The van der Waals surface area contributed by atoms with Gasteiger partial charge in [-0.3, -0.25) is 19.4 Å². The van der Waals surface area contributed by atoms with Crippen molar-refractivity contribution in [3.05, 3.63) is 54.1 Å². The average molecular weight is 410 g/mol. The van der Waals surface area contributed by atoms with E-state index < -0.39 is 5.92 Å². The first-order chi connectivity index (χ1) is 14.1. The Morgan fingerprint density at radius 2 is 1.97 bits per heavy atom. The number of aliphatic imine (C=N–C) groups is 1. The quantitative estimate of drug-likeness (QED) is 0.746. The molecule has 1 atom stereocenters. The van der Waals surface area contributed by atoms with Gasteiger partial charge in [-0.25, -0.2) is 4.99 Å². The summed E-state index contributed by atoms with van der Waals surface area (Å²) in [5, 5.41) is 3.15. The zero-order valence-corrected chi connectivity index (χ0v) is 16.7. The van der Waals surface area contributed by atoms with E-state index >= 15 is 0 Å². The van der Waals surface area contributed by atoms with Gasteiger partial charge in [0.1, 0.15) is 0 Å². The van der Waals surface area contributed by atoms with Crippen LogP contribution in [-0.4, -0.2) is 66.9 Å². The third-order valence-corrected chi connectivity index (χ3v) is 5.38. The molecule has 0 bridgehead atoms. The second kappa shape index (κ2) is 8.77. The SMILES string of the molecule is O=C(NCCN1CCOCC1)c1ccc(N2C(=O)C3C=CC=CC3=NC2=S)cc1. The minimum Gasteiger partial charge on any atom is -0.379 e. The van der Waals surface area contributed by atoms with Crippen molar-refractivity contribution in [1.29, 1.82) is 0 Å². The standard InChI is InChI=1S/C21H22N4O3S/c26-19(22-9-10-24-11-13-28-14-12-24)15-5-7-16(8-6-15)25-20(27)17-3-1-2-4-18(17)23-21(25)29/h1-8,17H,9-14H2,(H,22,26). The van der Waals surface area contributed by atoms with Crippen molar-refractivity contribution in [2.24, 2.45) is 10.9 Å². The van der Waals surface area contributed by atoms with Crippen LogP contribution in [-0.2, 0) is 9.53 Å². The van der Waals surface area contributed by atoms with Gasteiger partial charge in [0.05, 0.1) is 30.5 Å². The molecule has 1 aromatic carbocycles. The maximum atomic E-state index is 12.9. The van der Waals surface area contributed by atoms with E-state index in [1.54, 1.807) is 30.3 Å². The van der Waals surface area contributed by atoms with Crippen LogP contribution in [0.25, 0.3) is 0 Å². The number of nitrogens with one attached hydrogen (secondary N) is 1. The fourth-order valence-corrected chi connectivity index (χ4v) is 3.80. The molecule has 1 aromatic rings. The van der Waals surface area contributed by atoms with Gasteiger partial charge in [-0.15, -0.1) is 0 Å². The number of allylic oxidation sites excluding steroid dienone is 3. The fraction of sp³-hybridized carbons (Fsp3) is 0.333. The lowest BCUT2D eigenvalue weighted by atomic mass is 9.95. The predicted octanol–water partition coefficient (Wildman–Crippen LogP) is 1.56. The van der Waals surface area contributed by atoms with Gasteiger partial charge in [0, 0.05) is 31.7 Å². The summed E-state index contributed by atoms with van der Waals surface area (Å²) in [5.41, 5.74) is 1.81. The number of anilines is 1. The van der Waals surface area contributed by atoms with Gasteiger partial charge >= 0.3 is 0 Å². The maximum absolute atomic E-state index is 12.9. The molecule has 0 aromatic heterocycles. The van der Waals surface area contributed by atoms with Crippen molar-refractivity contribution in [3.63, 3.8) is 0 Å². The molecule has 2 heterocycles. The molecule has 150 valence electrons. The van der Waals surface area contributed by atoms with Crippen LogP contribution in [0.2, 0.25) is 0 Å². The summed E-state index contributed by atoms with van der Waals surface area (Å²) in [6, 6.07) is 6.85. The minimum absolute atomic E-state index is 0.136. The third-order valence-electron chi connectivity index (χ3n) is 5.11. The lowest BCUT2D eigenvalue weighted by Gasteiger charge is -2.30. The molecule has 1 unspecified atom stereocenters. The highest BCUT2D eigenvalue weighted by atomic mass is 32.1. The molecule has 1 saturated heterocycles. The van der Waals surface area contributed by atoms with Gasteiger partial charge in [-0.05, 0) is 42.6 Å². The number of hydrogen-bond donors (Lipinski definition) is 1. The van der Waals surface area contributed by atoms with Crippen LogP contribution in [0.3, 0.4) is 0 Å². The van der Waals surface area contributed by atoms with Gasteiger partial charge in [0.2, 0.25) is 11.0 Å². The van der Waals surface area contributed by atoms with E-state index in [0.717, 1.165) is 32.8 Å². The molecule has 29 heavy (non-hydrogen) atoms. The second-order valence-corrected chi connectivity index (χ2v) is 7.34. The molecule has 1 aliphatic carbocycles. The van der Waals surface area contributed by atoms with E-state index in [9.17, 15) is 9.59 Å². The van der Waals surface area contributed by atoms with Gasteiger partial charge in [0.15, 0.2) is 0 Å². The van der Waals surface area contributed by atoms with Crippen molar-refractivity contribution < 1.29 is 14.3 Å². The Balaban J connectivity index is 1.38. The third kappa shape index (κ3) is 4.34. The van der Waals surface area contributed by atoms with Crippen molar-refractivity contribution in [2.45, 2.75) is 0 Å². The molecule has 4 rings (SSSR count). The van der Waals surface area contributed by atoms with Crippen LogP contribution >= 0.6 is 12.2 Å². The van der Waals surface area contributed by atoms with Crippen LogP contribution in [0.4, 0.5) is 5.69 Å². The van der Waals surface area contributed by atoms with E-state index in [-0.39, 0.29) is 16.9 Å². The Morgan fingerprint density at radius 3 is 2.72 bits per heavy atom. The number of carbonyl (C=O) groups excluding carboxylic acids is 2. The van der Waals surface area contributed by atoms with Crippen LogP contribution in [0, 0.1) is 5.92 Å². The summed E-state index contributed by atoms with van der Waals surface area (Å²) in [6.07, 6.45) is 7.29. The molecule has 2 amide bonds. The summed E-state index contributed by atoms with van der Waals surface area (Å²) in [4.78, 5) is 33.3.